The van der Waals surface area contributed by atoms with E-state index in [0.717, 1.165) is 12.1 Å². The number of rotatable bonds is 8. The number of sulfonamides is 1. The zero-order valence-electron chi connectivity index (χ0n) is 18.8. The molecular weight excluding hydrogens is 507 g/mol. The van der Waals surface area contributed by atoms with Gasteiger partial charge in [-0.05, 0) is 60.8 Å². The fourth-order valence-electron chi connectivity index (χ4n) is 5.23. The number of benzene rings is 2. The molecule has 1 aliphatic heterocycles. The summed E-state index contributed by atoms with van der Waals surface area (Å²) in [6.45, 7) is 0. The summed E-state index contributed by atoms with van der Waals surface area (Å²) < 4.78 is 95.2. The first-order valence-corrected chi connectivity index (χ1v) is 13.1. The van der Waals surface area contributed by atoms with E-state index in [1.54, 1.807) is 0 Å². The van der Waals surface area contributed by atoms with Crippen LogP contribution >= 0.6 is 0 Å². The molecule has 1 amide bonds. The number of fused-ring (bicyclic) bond motifs is 1. The summed E-state index contributed by atoms with van der Waals surface area (Å²) in [6.07, 6.45) is 0.0973. The molecule has 0 spiro atoms. The molecule has 5 rings (SSSR count). The highest BCUT2D eigenvalue weighted by atomic mass is 32.2. The number of piperidine rings is 1. The van der Waals surface area contributed by atoms with Crippen LogP contribution in [0.1, 0.15) is 24.8 Å². The highest BCUT2D eigenvalue weighted by Gasteiger charge is 2.62. The van der Waals surface area contributed by atoms with Crippen molar-refractivity contribution in [2.24, 2.45) is 11.8 Å². The molecule has 36 heavy (non-hydrogen) atoms. The molecule has 5 atom stereocenters. The van der Waals surface area contributed by atoms with Gasteiger partial charge in [-0.2, -0.15) is 8.78 Å². The minimum atomic E-state index is -5.02. The third kappa shape index (κ3) is 4.61. The van der Waals surface area contributed by atoms with E-state index in [1.165, 1.54) is 23.1 Å². The van der Waals surface area contributed by atoms with Gasteiger partial charge in [0.15, 0.2) is 0 Å². The van der Waals surface area contributed by atoms with E-state index in [0.29, 0.717) is 25.3 Å². The predicted octanol–water partition coefficient (Wildman–Crippen LogP) is 3.19. The summed E-state index contributed by atoms with van der Waals surface area (Å²) in [5.41, 5.74) is -0.175. The number of likely N-dealkylation sites (tertiary alicyclic amines) is 1. The standard InChI is InChI=1S/C24H23F5N2O4S/c25-14-6-13(7-15(26)9-14)16-3-1-2-12(20(16)27)8-19-21(30-36(34,35)24(28)29)17-10-18(17)31(19)23(33)22(32)11-4-5-11/h1-3,6-7,9,11,17-19,21-22,24,30,32H,4-5,8,10H2/t17?,18?,19?,21?,22-/m1/s1. The van der Waals surface area contributed by atoms with Crippen molar-refractivity contribution in [1.29, 1.82) is 0 Å². The van der Waals surface area contributed by atoms with Gasteiger partial charge in [-0.15, -0.1) is 0 Å². The minimum Gasteiger partial charge on any atom is -0.383 e. The number of halogens is 5. The molecule has 0 radical (unpaired) electrons. The molecule has 1 saturated heterocycles. The lowest BCUT2D eigenvalue weighted by Gasteiger charge is -2.33. The van der Waals surface area contributed by atoms with Crippen LogP contribution in [0.3, 0.4) is 0 Å². The molecule has 6 nitrogen and oxygen atoms in total. The lowest BCUT2D eigenvalue weighted by Crippen LogP contribution is -2.54. The molecule has 194 valence electrons. The quantitative estimate of drug-likeness (QED) is 0.514. The van der Waals surface area contributed by atoms with E-state index in [9.17, 15) is 35.9 Å². The Bertz CT molecular complexity index is 1280. The number of carbonyl (C=O) groups excluding carboxylic acids is 1. The van der Waals surface area contributed by atoms with Crippen molar-refractivity contribution in [2.45, 2.75) is 55.7 Å². The Labute approximate surface area is 204 Å². The maximum atomic E-state index is 15.5. The Balaban J connectivity index is 1.50. The van der Waals surface area contributed by atoms with Crippen LogP contribution in [0.4, 0.5) is 22.0 Å². The van der Waals surface area contributed by atoms with Gasteiger partial charge in [0, 0.05) is 23.7 Å². The molecular formula is C24H23F5N2O4S. The number of hydrogen-bond donors (Lipinski definition) is 2. The topological polar surface area (TPSA) is 86.7 Å². The highest BCUT2D eigenvalue weighted by Crippen LogP contribution is 2.50. The SMILES string of the molecule is O=C([C@H](O)C1CC1)N1C2CC2C(NS(=O)(=O)C(F)F)C1Cc1cccc(-c2cc(F)cc(F)c2)c1F. The zero-order chi connectivity index (χ0) is 25.9. The number of aliphatic hydroxyl groups excluding tert-OH is 1. The average Bonchev–Trinajstić information content (AvgIpc) is 3.72. The van der Waals surface area contributed by atoms with Gasteiger partial charge >= 0.3 is 5.76 Å². The van der Waals surface area contributed by atoms with E-state index in [2.05, 4.69) is 0 Å². The second-order valence-electron chi connectivity index (χ2n) is 9.65. The first-order valence-electron chi connectivity index (χ1n) is 11.5. The van der Waals surface area contributed by atoms with Crippen molar-refractivity contribution in [3.63, 3.8) is 0 Å². The van der Waals surface area contributed by atoms with E-state index in [4.69, 9.17) is 0 Å². The van der Waals surface area contributed by atoms with Gasteiger partial charge in [-0.3, -0.25) is 4.79 Å². The van der Waals surface area contributed by atoms with Crippen LogP contribution in [0.2, 0.25) is 0 Å². The summed E-state index contributed by atoms with van der Waals surface area (Å²) in [7, 11) is -5.02. The van der Waals surface area contributed by atoms with Crippen LogP contribution in [0, 0.1) is 29.3 Å². The molecule has 1 heterocycles. The Morgan fingerprint density at radius 2 is 1.78 bits per heavy atom. The van der Waals surface area contributed by atoms with Crippen molar-refractivity contribution in [3.05, 3.63) is 59.4 Å². The molecule has 3 fully saturated rings. The van der Waals surface area contributed by atoms with Crippen LogP contribution in [-0.4, -0.2) is 54.3 Å². The fraction of sp³-hybridized carbons (Fsp3) is 0.458. The predicted molar refractivity (Wildman–Crippen MR) is 119 cm³/mol. The Morgan fingerprint density at radius 3 is 2.39 bits per heavy atom. The van der Waals surface area contributed by atoms with Crippen LogP contribution in [0.25, 0.3) is 11.1 Å². The minimum absolute atomic E-state index is 0.00317. The number of hydrogen-bond acceptors (Lipinski definition) is 4. The Kier molecular flexibility index (Phi) is 6.32. The van der Waals surface area contributed by atoms with Crippen molar-refractivity contribution in [2.75, 3.05) is 0 Å². The van der Waals surface area contributed by atoms with Crippen LogP contribution in [0.15, 0.2) is 36.4 Å². The first kappa shape index (κ1) is 25.1. The number of nitrogens with one attached hydrogen (secondary N) is 1. The summed E-state index contributed by atoms with van der Waals surface area (Å²) in [4.78, 5) is 14.4. The summed E-state index contributed by atoms with van der Waals surface area (Å²) in [5.74, 6) is -7.67. The first-order chi connectivity index (χ1) is 17.0. The Hall–Kier alpha value is -2.57. The van der Waals surface area contributed by atoms with Gasteiger partial charge in [-0.1, -0.05) is 18.2 Å². The van der Waals surface area contributed by atoms with Crippen LogP contribution in [-0.2, 0) is 21.2 Å². The molecule has 12 heteroatoms. The van der Waals surface area contributed by atoms with Gasteiger partial charge < -0.3 is 10.0 Å². The number of aliphatic hydroxyl groups is 1. The molecule has 2 saturated carbocycles. The average molecular weight is 531 g/mol. The zero-order valence-corrected chi connectivity index (χ0v) is 19.6. The van der Waals surface area contributed by atoms with Gasteiger partial charge in [0.05, 0.1) is 6.04 Å². The van der Waals surface area contributed by atoms with Crippen LogP contribution in [0.5, 0.6) is 0 Å². The third-order valence-electron chi connectivity index (χ3n) is 7.19. The second-order valence-corrected chi connectivity index (χ2v) is 11.3. The molecule has 2 N–H and O–H groups in total. The molecule has 3 aliphatic rings. The third-order valence-corrected chi connectivity index (χ3v) is 8.26. The van der Waals surface area contributed by atoms with E-state index in [1.807, 2.05) is 4.72 Å². The normalized spacial score (nSPS) is 26.2. The fourth-order valence-corrected chi connectivity index (χ4v) is 6.05. The number of nitrogens with zero attached hydrogens (tertiary/aromatic N) is 1. The summed E-state index contributed by atoms with van der Waals surface area (Å²) in [5, 5.41) is 10.4. The lowest BCUT2D eigenvalue weighted by molar-refractivity contribution is -0.143. The smallest absolute Gasteiger partial charge is 0.350 e. The largest absolute Gasteiger partial charge is 0.383 e. The number of carbonyl (C=O) groups is 1. The van der Waals surface area contributed by atoms with Crippen LogP contribution < -0.4 is 4.72 Å². The second kappa shape index (κ2) is 9.07. The summed E-state index contributed by atoms with van der Waals surface area (Å²) >= 11 is 0. The van der Waals surface area contributed by atoms with Gasteiger partial charge in [-0.25, -0.2) is 26.3 Å². The molecule has 0 aromatic heterocycles. The monoisotopic (exact) mass is 530 g/mol. The maximum Gasteiger partial charge on any atom is 0.350 e. The lowest BCUT2D eigenvalue weighted by atomic mass is 9.94. The maximum absolute atomic E-state index is 15.5. The van der Waals surface area contributed by atoms with Crippen molar-refractivity contribution >= 4 is 15.9 Å². The van der Waals surface area contributed by atoms with E-state index < -0.39 is 69.3 Å². The number of alkyl halides is 2. The molecule has 2 aliphatic carbocycles. The molecule has 2 aromatic carbocycles. The van der Waals surface area contributed by atoms with Gasteiger partial charge in [0.25, 0.3) is 15.9 Å². The Morgan fingerprint density at radius 1 is 1.11 bits per heavy atom. The van der Waals surface area contributed by atoms with Gasteiger partial charge in [0.2, 0.25) is 0 Å². The van der Waals surface area contributed by atoms with E-state index >= 15 is 4.39 Å². The van der Waals surface area contributed by atoms with E-state index in [-0.39, 0.29) is 29.0 Å². The van der Waals surface area contributed by atoms with Crippen molar-refractivity contribution < 1.29 is 40.3 Å². The number of amides is 1. The highest BCUT2D eigenvalue weighted by molar-refractivity contribution is 7.89. The molecule has 0 bridgehead atoms. The molecule has 4 unspecified atom stereocenters. The summed E-state index contributed by atoms with van der Waals surface area (Å²) in [6, 6.07) is 4.06. The molecule has 2 aromatic rings. The van der Waals surface area contributed by atoms with Gasteiger partial charge in [0.1, 0.15) is 23.6 Å². The van der Waals surface area contributed by atoms with Crippen molar-refractivity contribution in [3.8, 4) is 11.1 Å². The van der Waals surface area contributed by atoms with Crippen molar-refractivity contribution in [1.82, 2.24) is 9.62 Å².